The van der Waals surface area contributed by atoms with E-state index in [0.29, 0.717) is 23.0 Å². The fourth-order valence-electron chi connectivity index (χ4n) is 2.62. The van der Waals surface area contributed by atoms with E-state index in [9.17, 15) is 4.79 Å². The maximum absolute atomic E-state index is 12.3. The number of hydrogen-bond acceptors (Lipinski definition) is 5. The van der Waals surface area contributed by atoms with Crippen LogP contribution >= 0.6 is 0 Å². The van der Waals surface area contributed by atoms with E-state index < -0.39 is 5.97 Å². The first kappa shape index (κ1) is 15.5. The number of anilines is 1. The van der Waals surface area contributed by atoms with Gasteiger partial charge in [0.2, 0.25) is 0 Å². The second kappa shape index (κ2) is 6.70. The van der Waals surface area contributed by atoms with E-state index in [-0.39, 0.29) is 11.8 Å². The molecule has 0 radical (unpaired) electrons. The Balaban J connectivity index is 2.14. The van der Waals surface area contributed by atoms with E-state index in [0.717, 1.165) is 25.7 Å². The SMILES string of the molecule is COc1cc(OC)c(N)c(C(=O)OC2CCC(C)CC2)c1. The molecule has 0 unspecified atom stereocenters. The zero-order chi connectivity index (χ0) is 15.4. The smallest absolute Gasteiger partial charge is 0.340 e. The van der Waals surface area contributed by atoms with Gasteiger partial charge >= 0.3 is 5.97 Å². The molecule has 0 atom stereocenters. The number of benzene rings is 1. The lowest BCUT2D eigenvalue weighted by molar-refractivity contribution is 0.0174. The van der Waals surface area contributed by atoms with Crippen LogP contribution in [0.5, 0.6) is 11.5 Å². The Labute approximate surface area is 125 Å². The Bertz CT molecular complexity index is 507. The van der Waals surface area contributed by atoms with E-state index >= 15 is 0 Å². The molecule has 1 fully saturated rings. The number of rotatable bonds is 4. The third-order valence-corrected chi connectivity index (χ3v) is 4.03. The summed E-state index contributed by atoms with van der Waals surface area (Å²) in [6, 6.07) is 3.24. The van der Waals surface area contributed by atoms with Crippen molar-refractivity contribution in [3.8, 4) is 11.5 Å². The fraction of sp³-hybridized carbons (Fsp3) is 0.562. The van der Waals surface area contributed by atoms with Gasteiger partial charge < -0.3 is 19.9 Å². The molecule has 5 nitrogen and oxygen atoms in total. The number of methoxy groups -OCH3 is 2. The molecule has 0 spiro atoms. The van der Waals surface area contributed by atoms with Gasteiger partial charge in [-0.05, 0) is 37.7 Å². The minimum atomic E-state index is -0.413. The molecule has 0 heterocycles. The minimum absolute atomic E-state index is 0.0229. The molecule has 0 amide bonds. The minimum Gasteiger partial charge on any atom is -0.497 e. The predicted octanol–water partition coefficient (Wildman–Crippen LogP) is 3.02. The number of esters is 1. The zero-order valence-corrected chi connectivity index (χ0v) is 12.8. The monoisotopic (exact) mass is 293 g/mol. The maximum atomic E-state index is 12.3. The first-order chi connectivity index (χ1) is 10.0. The van der Waals surface area contributed by atoms with E-state index in [4.69, 9.17) is 19.9 Å². The molecule has 0 saturated heterocycles. The summed E-state index contributed by atoms with van der Waals surface area (Å²) in [4.78, 5) is 12.3. The van der Waals surface area contributed by atoms with Gasteiger partial charge in [-0.25, -0.2) is 4.79 Å². The second-order valence-electron chi connectivity index (χ2n) is 5.58. The van der Waals surface area contributed by atoms with E-state index in [1.807, 2.05) is 0 Å². The van der Waals surface area contributed by atoms with Crippen LogP contribution in [0.1, 0.15) is 43.0 Å². The van der Waals surface area contributed by atoms with Crippen LogP contribution in [0.25, 0.3) is 0 Å². The first-order valence-electron chi connectivity index (χ1n) is 7.27. The van der Waals surface area contributed by atoms with Gasteiger partial charge in [0.25, 0.3) is 0 Å². The number of hydrogen-bond donors (Lipinski definition) is 1. The van der Waals surface area contributed by atoms with Gasteiger partial charge in [-0.15, -0.1) is 0 Å². The van der Waals surface area contributed by atoms with Crippen LogP contribution in [0.4, 0.5) is 5.69 Å². The van der Waals surface area contributed by atoms with Gasteiger partial charge in [0.05, 0.1) is 25.5 Å². The molecule has 1 aromatic rings. The predicted molar refractivity (Wildman–Crippen MR) is 80.8 cm³/mol. The van der Waals surface area contributed by atoms with Crippen molar-refractivity contribution in [2.45, 2.75) is 38.7 Å². The van der Waals surface area contributed by atoms with Gasteiger partial charge in [-0.1, -0.05) is 6.92 Å². The Morgan fingerprint density at radius 1 is 1.14 bits per heavy atom. The summed E-state index contributed by atoms with van der Waals surface area (Å²) in [5.41, 5.74) is 6.54. The molecule has 0 aliphatic heterocycles. The highest BCUT2D eigenvalue weighted by molar-refractivity contribution is 5.97. The molecule has 0 aromatic heterocycles. The summed E-state index contributed by atoms with van der Waals surface area (Å²) in [5, 5.41) is 0. The highest BCUT2D eigenvalue weighted by Gasteiger charge is 2.24. The normalized spacial score (nSPS) is 21.7. The van der Waals surface area contributed by atoms with Gasteiger partial charge in [-0.3, -0.25) is 0 Å². The number of ether oxygens (including phenoxy) is 3. The van der Waals surface area contributed by atoms with Crippen LogP contribution in [0.15, 0.2) is 12.1 Å². The third kappa shape index (κ3) is 3.60. The molecule has 1 aromatic carbocycles. The highest BCUT2D eigenvalue weighted by Crippen LogP contribution is 2.33. The highest BCUT2D eigenvalue weighted by atomic mass is 16.5. The van der Waals surface area contributed by atoms with E-state index in [2.05, 4.69) is 6.92 Å². The van der Waals surface area contributed by atoms with Crippen molar-refractivity contribution >= 4 is 11.7 Å². The molecular formula is C16H23NO4. The van der Waals surface area contributed by atoms with Crippen LogP contribution in [0, 0.1) is 5.92 Å². The van der Waals surface area contributed by atoms with Crippen molar-refractivity contribution in [2.75, 3.05) is 20.0 Å². The number of nitrogen functional groups attached to an aromatic ring is 1. The molecule has 1 aliphatic rings. The number of carbonyl (C=O) groups is 1. The summed E-state index contributed by atoms with van der Waals surface area (Å²) in [5.74, 6) is 1.23. The number of carbonyl (C=O) groups excluding carboxylic acids is 1. The molecular weight excluding hydrogens is 270 g/mol. The maximum Gasteiger partial charge on any atom is 0.340 e. The quantitative estimate of drug-likeness (QED) is 0.682. The molecule has 1 aliphatic carbocycles. The van der Waals surface area contributed by atoms with E-state index in [1.54, 1.807) is 12.1 Å². The Hall–Kier alpha value is -1.91. The average Bonchev–Trinajstić information content (AvgIpc) is 2.49. The molecule has 0 bridgehead atoms. The lowest BCUT2D eigenvalue weighted by Crippen LogP contribution is -2.24. The number of nitrogens with two attached hydrogens (primary N) is 1. The van der Waals surface area contributed by atoms with Gasteiger partial charge in [-0.2, -0.15) is 0 Å². The molecule has 5 heteroatoms. The van der Waals surface area contributed by atoms with Crippen LogP contribution in [0.2, 0.25) is 0 Å². The van der Waals surface area contributed by atoms with Crippen LogP contribution in [-0.2, 0) is 4.74 Å². The molecule has 2 N–H and O–H groups in total. The van der Waals surface area contributed by atoms with Crippen LogP contribution < -0.4 is 15.2 Å². The first-order valence-corrected chi connectivity index (χ1v) is 7.27. The van der Waals surface area contributed by atoms with Gasteiger partial charge in [0.1, 0.15) is 17.6 Å². The Morgan fingerprint density at radius 3 is 2.38 bits per heavy atom. The van der Waals surface area contributed by atoms with Gasteiger partial charge in [0.15, 0.2) is 0 Å². The fourth-order valence-corrected chi connectivity index (χ4v) is 2.62. The van der Waals surface area contributed by atoms with E-state index in [1.165, 1.54) is 14.2 Å². The average molecular weight is 293 g/mol. The summed E-state index contributed by atoms with van der Waals surface area (Å²) in [6.07, 6.45) is 3.98. The third-order valence-electron chi connectivity index (χ3n) is 4.03. The largest absolute Gasteiger partial charge is 0.497 e. The topological polar surface area (TPSA) is 70.8 Å². The standard InChI is InChI=1S/C16H23NO4/c1-10-4-6-11(7-5-10)21-16(18)13-8-12(19-2)9-14(20-3)15(13)17/h8-11H,4-7,17H2,1-3H3. The summed E-state index contributed by atoms with van der Waals surface area (Å²) >= 11 is 0. The van der Waals surface area contributed by atoms with Crippen molar-refractivity contribution in [3.63, 3.8) is 0 Å². The van der Waals surface area contributed by atoms with Crippen molar-refractivity contribution in [1.82, 2.24) is 0 Å². The summed E-state index contributed by atoms with van der Waals surface area (Å²) < 4.78 is 15.9. The zero-order valence-electron chi connectivity index (χ0n) is 12.8. The van der Waals surface area contributed by atoms with Crippen LogP contribution in [0.3, 0.4) is 0 Å². The Kier molecular flexibility index (Phi) is 4.94. The molecule has 116 valence electrons. The van der Waals surface area contributed by atoms with Crippen molar-refractivity contribution in [1.29, 1.82) is 0 Å². The van der Waals surface area contributed by atoms with Crippen LogP contribution in [-0.4, -0.2) is 26.3 Å². The summed E-state index contributed by atoms with van der Waals surface area (Å²) in [7, 11) is 3.03. The van der Waals surface area contributed by atoms with Crippen molar-refractivity contribution in [2.24, 2.45) is 5.92 Å². The van der Waals surface area contributed by atoms with Crippen molar-refractivity contribution in [3.05, 3.63) is 17.7 Å². The lowest BCUT2D eigenvalue weighted by atomic mass is 9.89. The van der Waals surface area contributed by atoms with Crippen molar-refractivity contribution < 1.29 is 19.0 Å². The summed E-state index contributed by atoms with van der Waals surface area (Å²) in [6.45, 7) is 2.23. The Morgan fingerprint density at radius 2 is 1.81 bits per heavy atom. The lowest BCUT2D eigenvalue weighted by Gasteiger charge is -2.26. The molecule has 2 rings (SSSR count). The van der Waals surface area contributed by atoms with Gasteiger partial charge in [0, 0.05) is 6.07 Å². The molecule has 1 saturated carbocycles. The molecule has 21 heavy (non-hydrogen) atoms. The second-order valence-corrected chi connectivity index (χ2v) is 5.58.